The van der Waals surface area contributed by atoms with E-state index in [1.54, 1.807) is 0 Å². The molecule has 0 radical (unpaired) electrons. The molecule has 0 unspecified atom stereocenters. The number of benzene rings is 4. The van der Waals surface area contributed by atoms with Crippen molar-refractivity contribution in [1.82, 2.24) is 9.97 Å². The van der Waals surface area contributed by atoms with Gasteiger partial charge in [0.25, 0.3) is 5.97 Å². The lowest BCUT2D eigenvalue weighted by Gasteiger charge is -2.07. The molecule has 35 heavy (non-hydrogen) atoms. The summed E-state index contributed by atoms with van der Waals surface area (Å²) in [5, 5.41) is 7.42. The lowest BCUT2D eigenvalue weighted by atomic mass is 10.1. The second-order valence-electron chi connectivity index (χ2n) is 7.64. The summed E-state index contributed by atoms with van der Waals surface area (Å²) in [5.74, 6) is 1.61. The summed E-state index contributed by atoms with van der Waals surface area (Å²) in [5.41, 5.74) is 5.05. The number of hydrogen-bond donors (Lipinski definition) is 2. The van der Waals surface area contributed by atoms with E-state index in [2.05, 4.69) is 57.3 Å². The molecule has 5 rings (SSSR count). The number of rotatable bonds is 5. The number of H-pyrrole nitrogens is 1. The van der Waals surface area contributed by atoms with Gasteiger partial charge in [-0.1, -0.05) is 76.6 Å². The van der Waals surface area contributed by atoms with Crippen LogP contribution in [0.2, 0.25) is 0 Å². The van der Waals surface area contributed by atoms with Crippen LogP contribution in [0.3, 0.4) is 0 Å². The molecule has 0 saturated carbocycles. The zero-order chi connectivity index (χ0) is 24.6. The SMILES string of the molecule is Brc1cccc(-c2nc(-c3ccccc3)c(-c3ccc(Oc4ccccc4)cc3)[nH]2)c1.CC(=O)O. The zero-order valence-corrected chi connectivity index (χ0v) is 20.6. The van der Waals surface area contributed by atoms with E-state index in [9.17, 15) is 0 Å². The minimum absolute atomic E-state index is 0.794. The summed E-state index contributed by atoms with van der Waals surface area (Å²) < 4.78 is 6.96. The maximum Gasteiger partial charge on any atom is 0.300 e. The predicted octanol–water partition coefficient (Wildman–Crippen LogP) is 8.06. The first-order valence-electron chi connectivity index (χ1n) is 10.9. The van der Waals surface area contributed by atoms with Gasteiger partial charge >= 0.3 is 0 Å². The largest absolute Gasteiger partial charge is 0.481 e. The van der Waals surface area contributed by atoms with Crippen LogP contribution in [0.5, 0.6) is 11.5 Å². The van der Waals surface area contributed by atoms with E-state index >= 15 is 0 Å². The third-order valence-electron chi connectivity index (χ3n) is 4.97. The lowest BCUT2D eigenvalue weighted by Crippen LogP contribution is -1.86. The van der Waals surface area contributed by atoms with Gasteiger partial charge in [-0.25, -0.2) is 4.98 Å². The Hall–Kier alpha value is -4.16. The molecule has 4 aromatic carbocycles. The number of carbonyl (C=O) groups is 1. The number of imidazole rings is 1. The number of halogens is 1. The highest BCUT2D eigenvalue weighted by molar-refractivity contribution is 9.10. The number of aromatic nitrogens is 2. The smallest absolute Gasteiger partial charge is 0.300 e. The van der Waals surface area contributed by atoms with Crippen LogP contribution in [0.1, 0.15) is 6.92 Å². The normalized spacial score (nSPS) is 10.2. The van der Waals surface area contributed by atoms with Gasteiger partial charge in [0.1, 0.15) is 17.3 Å². The van der Waals surface area contributed by atoms with Crippen molar-refractivity contribution in [2.45, 2.75) is 6.92 Å². The van der Waals surface area contributed by atoms with E-state index in [0.29, 0.717) is 0 Å². The standard InChI is InChI=1S/C27H19BrN2O.C2H4O2/c28-22-11-7-10-21(18-22)27-29-25(19-8-3-1-4-9-19)26(30-27)20-14-16-24(17-15-20)31-23-12-5-2-6-13-23;1-2(3)4/h1-18H,(H,29,30);1H3,(H,3,4). The van der Waals surface area contributed by atoms with Crippen LogP contribution < -0.4 is 4.74 Å². The third-order valence-corrected chi connectivity index (χ3v) is 5.46. The Morgan fingerprint density at radius 1 is 0.771 bits per heavy atom. The first-order valence-corrected chi connectivity index (χ1v) is 11.7. The van der Waals surface area contributed by atoms with Crippen LogP contribution in [0.15, 0.2) is 114 Å². The second-order valence-corrected chi connectivity index (χ2v) is 8.56. The van der Waals surface area contributed by atoms with Crippen LogP contribution >= 0.6 is 15.9 Å². The summed E-state index contributed by atoms with van der Waals surface area (Å²) in [6.07, 6.45) is 0. The number of ether oxygens (including phenoxy) is 1. The van der Waals surface area contributed by atoms with Crippen LogP contribution in [0.25, 0.3) is 33.9 Å². The average molecular weight is 527 g/mol. The molecule has 5 aromatic rings. The number of nitrogens with zero attached hydrogens (tertiary/aromatic N) is 1. The Kier molecular flexibility index (Phi) is 7.75. The van der Waals surface area contributed by atoms with Crippen molar-refractivity contribution in [2.75, 3.05) is 0 Å². The maximum atomic E-state index is 9.00. The van der Waals surface area contributed by atoms with Gasteiger partial charge in [-0.3, -0.25) is 4.79 Å². The molecule has 0 spiro atoms. The fourth-order valence-electron chi connectivity index (χ4n) is 3.47. The van der Waals surface area contributed by atoms with Crippen molar-refractivity contribution in [3.05, 3.63) is 114 Å². The second kappa shape index (κ2) is 11.3. The van der Waals surface area contributed by atoms with Crippen LogP contribution in [0, 0.1) is 0 Å². The van der Waals surface area contributed by atoms with E-state index in [0.717, 1.165) is 56.8 Å². The number of carboxylic acid groups (broad SMARTS) is 1. The van der Waals surface area contributed by atoms with Crippen molar-refractivity contribution < 1.29 is 14.6 Å². The van der Waals surface area contributed by atoms with Crippen molar-refractivity contribution >= 4 is 21.9 Å². The highest BCUT2D eigenvalue weighted by atomic mass is 79.9. The highest BCUT2D eigenvalue weighted by Gasteiger charge is 2.15. The van der Waals surface area contributed by atoms with Crippen molar-refractivity contribution in [3.8, 4) is 45.4 Å². The van der Waals surface area contributed by atoms with Crippen LogP contribution in [-0.2, 0) is 4.79 Å². The first kappa shape index (κ1) is 24.0. The molecule has 0 bridgehead atoms. The Morgan fingerprint density at radius 2 is 1.34 bits per heavy atom. The molecule has 2 N–H and O–H groups in total. The molecule has 6 heteroatoms. The molecule has 0 aliphatic heterocycles. The fraction of sp³-hybridized carbons (Fsp3) is 0.0345. The number of nitrogens with one attached hydrogen (secondary N) is 1. The minimum Gasteiger partial charge on any atom is -0.481 e. The number of carboxylic acids is 1. The summed E-state index contributed by atoms with van der Waals surface area (Å²) in [4.78, 5) is 17.5. The number of aromatic amines is 1. The molecule has 0 atom stereocenters. The fourth-order valence-corrected chi connectivity index (χ4v) is 3.87. The van der Waals surface area contributed by atoms with E-state index in [-0.39, 0.29) is 0 Å². The third kappa shape index (κ3) is 6.46. The van der Waals surface area contributed by atoms with E-state index in [4.69, 9.17) is 19.6 Å². The van der Waals surface area contributed by atoms with Gasteiger partial charge in [0.15, 0.2) is 0 Å². The first-order chi connectivity index (χ1) is 17.0. The summed E-state index contributed by atoms with van der Waals surface area (Å²) in [6.45, 7) is 1.08. The van der Waals surface area contributed by atoms with Gasteiger partial charge in [-0.2, -0.15) is 0 Å². The molecule has 0 aliphatic carbocycles. The quantitative estimate of drug-likeness (QED) is 0.243. The highest BCUT2D eigenvalue weighted by Crippen LogP contribution is 2.34. The van der Waals surface area contributed by atoms with E-state index < -0.39 is 5.97 Å². The molecule has 0 amide bonds. The van der Waals surface area contributed by atoms with Crippen molar-refractivity contribution in [2.24, 2.45) is 0 Å². The molecular weight excluding hydrogens is 504 g/mol. The van der Waals surface area contributed by atoms with E-state index in [1.165, 1.54) is 0 Å². The number of aliphatic carboxylic acids is 1. The Morgan fingerprint density at radius 3 is 1.97 bits per heavy atom. The monoisotopic (exact) mass is 526 g/mol. The number of para-hydroxylation sites is 1. The molecule has 0 saturated heterocycles. The van der Waals surface area contributed by atoms with E-state index in [1.807, 2.05) is 72.8 Å². The average Bonchev–Trinajstić information content (AvgIpc) is 3.31. The minimum atomic E-state index is -0.833. The van der Waals surface area contributed by atoms with Gasteiger partial charge in [-0.05, 0) is 48.5 Å². The topological polar surface area (TPSA) is 75.2 Å². The van der Waals surface area contributed by atoms with Crippen molar-refractivity contribution in [1.29, 1.82) is 0 Å². The zero-order valence-electron chi connectivity index (χ0n) is 19.0. The Labute approximate surface area is 212 Å². The molecule has 0 fully saturated rings. The molecule has 0 aliphatic rings. The molecule has 174 valence electrons. The van der Waals surface area contributed by atoms with Crippen LogP contribution in [0.4, 0.5) is 0 Å². The maximum absolute atomic E-state index is 9.00. The van der Waals surface area contributed by atoms with Gasteiger partial charge < -0.3 is 14.8 Å². The lowest BCUT2D eigenvalue weighted by molar-refractivity contribution is -0.134. The van der Waals surface area contributed by atoms with Gasteiger partial charge in [-0.15, -0.1) is 0 Å². The predicted molar refractivity (Wildman–Crippen MR) is 142 cm³/mol. The molecule has 5 nitrogen and oxygen atoms in total. The van der Waals surface area contributed by atoms with Crippen LogP contribution in [-0.4, -0.2) is 21.0 Å². The Balaban J connectivity index is 0.000000672. The summed E-state index contributed by atoms with van der Waals surface area (Å²) >= 11 is 3.55. The summed E-state index contributed by atoms with van der Waals surface area (Å²) in [6, 6.07) is 36.3. The van der Waals surface area contributed by atoms with Crippen molar-refractivity contribution in [3.63, 3.8) is 0 Å². The summed E-state index contributed by atoms with van der Waals surface area (Å²) in [7, 11) is 0. The molecule has 1 heterocycles. The molecule has 1 aromatic heterocycles. The molecular formula is C29H23BrN2O3. The van der Waals surface area contributed by atoms with Gasteiger partial charge in [0.2, 0.25) is 0 Å². The number of hydrogen-bond acceptors (Lipinski definition) is 3. The van der Waals surface area contributed by atoms with Gasteiger partial charge in [0.05, 0.1) is 11.4 Å². The van der Waals surface area contributed by atoms with Gasteiger partial charge in [0, 0.05) is 28.1 Å². The Bertz CT molecular complexity index is 1400.